The quantitative estimate of drug-likeness (QED) is 0.529. The Balaban J connectivity index is 4.22. The number of carbonyl (C=O) groups is 1. The van der Waals surface area contributed by atoms with E-state index in [4.69, 9.17) is 0 Å². The molecule has 0 aliphatic carbocycles. The predicted octanol–water partition coefficient (Wildman–Crippen LogP) is 1.06. The highest BCUT2D eigenvalue weighted by Crippen LogP contribution is 2.24. The van der Waals surface area contributed by atoms with Crippen molar-refractivity contribution in [3.63, 3.8) is 0 Å². The van der Waals surface area contributed by atoms with E-state index < -0.39 is 23.8 Å². The maximum atomic E-state index is 12.2. The monoisotopic (exact) mass is 188 g/mol. The predicted molar refractivity (Wildman–Crippen MR) is 35.7 cm³/mol. The van der Waals surface area contributed by atoms with Crippen molar-refractivity contribution in [3.05, 3.63) is 0 Å². The number of hydrogen-bond donors (Lipinski definition) is 1. The molecule has 66 valence electrons. The van der Waals surface area contributed by atoms with Crippen LogP contribution in [0.4, 0.5) is 13.2 Å². The van der Waals surface area contributed by atoms with E-state index in [1.807, 2.05) is 0 Å². The number of thiol groups is 1. The first kappa shape index (κ1) is 10.6. The number of halogens is 3. The van der Waals surface area contributed by atoms with E-state index in [0.717, 1.165) is 7.11 Å². The molecule has 0 heterocycles. The van der Waals surface area contributed by atoms with Gasteiger partial charge in [0.25, 0.3) is 5.92 Å². The lowest BCUT2D eigenvalue weighted by atomic mass is 10.2. The molecule has 0 aromatic heterocycles. The van der Waals surface area contributed by atoms with Crippen molar-refractivity contribution in [1.82, 2.24) is 0 Å². The van der Waals surface area contributed by atoms with Crippen LogP contribution in [-0.4, -0.2) is 30.9 Å². The van der Waals surface area contributed by atoms with Crippen molar-refractivity contribution in [1.29, 1.82) is 0 Å². The van der Waals surface area contributed by atoms with Gasteiger partial charge < -0.3 is 4.74 Å². The molecule has 0 radical (unpaired) electrons. The largest absolute Gasteiger partial charge is 0.468 e. The number of hydrogen-bond acceptors (Lipinski definition) is 3. The number of rotatable bonds is 3. The zero-order valence-electron chi connectivity index (χ0n) is 5.68. The summed E-state index contributed by atoms with van der Waals surface area (Å²) in [7, 11) is 0.930. The summed E-state index contributed by atoms with van der Waals surface area (Å²) >= 11 is 3.20. The van der Waals surface area contributed by atoms with Crippen LogP contribution < -0.4 is 0 Å². The normalized spacial score (nSPS) is 14.3. The Morgan fingerprint density at radius 3 is 2.45 bits per heavy atom. The lowest BCUT2D eigenvalue weighted by Gasteiger charge is -2.16. The molecule has 1 atom stereocenters. The van der Waals surface area contributed by atoms with Gasteiger partial charge in [0.05, 0.1) is 7.11 Å². The highest BCUT2D eigenvalue weighted by Gasteiger charge is 2.43. The van der Waals surface area contributed by atoms with Crippen LogP contribution in [0.1, 0.15) is 0 Å². The molecule has 0 saturated heterocycles. The van der Waals surface area contributed by atoms with Crippen molar-refractivity contribution >= 4 is 18.6 Å². The molecule has 6 heteroatoms. The minimum Gasteiger partial charge on any atom is -0.468 e. The van der Waals surface area contributed by atoms with Crippen LogP contribution in [0.2, 0.25) is 0 Å². The standard InChI is InChI=1S/C5H7F3O2S/c1-10-4(9)3(11)5(7,8)2-6/h3,11H,2H2,1H3. The maximum absolute atomic E-state index is 12.2. The molecule has 0 N–H and O–H groups in total. The minimum absolute atomic E-state index is 0.930. The zero-order valence-corrected chi connectivity index (χ0v) is 6.58. The SMILES string of the molecule is COC(=O)C(S)C(F)(F)CF. The van der Waals surface area contributed by atoms with Crippen molar-refractivity contribution in [2.24, 2.45) is 0 Å². The second-order valence-electron chi connectivity index (χ2n) is 1.82. The zero-order chi connectivity index (χ0) is 9.07. The lowest BCUT2D eigenvalue weighted by molar-refractivity contribution is -0.147. The first-order valence-corrected chi connectivity index (χ1v) is 3.17. The molecule has 0 aromatic rings. The fraction of sp³-hybridized carbons (Fsp3) is 0.800. The van der Waals surface area contributed by atoms with Crippen molar-refractivity contribution < 1.29 is 22.7 Å². The number of esters is 1. The number of alkyl halides is 3. The molecular formula is C5H7F3O2S. The highest BCUT2D eigenvalue weighted by molar-refractivity contribution is 7.81. The Kier molecular flexibility index (Phi) is 3.71. The average Bonchev–Trinajstić information content (AvgIpc) is 2.01. The topological polar surface area (TPSA) is 26.3 Å². The second-order valence-corrected chi connectivity index (χ2v) is 2.34. The molecule has 11 heavy (non-hydrogen) atoms. The van der Waals surface area contributed by atoms with Crippen LogP contribution in [0.3, 0.4) is 0 Å². The molecule has 0 spiro atoms. The molecule has 0 aliphatic heterocycles. The molecule has 0 aliphatic rings. The van der Waals surface area contributed by atoms with Gasteiger partial charge in [-0.05, 0) is 0 Å². The van der Waals surface area contributed by atoms with Gasteiger partial charge in [-0.3, -0.25) is 4.79 Å². The van der Waals surface area contributed by atoms with Gasteiger partial charge in [-0.1, -0.05) is 0 Å². The Morgan fingerprint density at radius 1 is 1.73 bits per heavy atom. The fourth-order valence-corrected chi connectivity index (χ4v) is 0.532. The molecule has 0 fully saturated rings. The van der Waals surface area contributed by atoms with Crippen LogP contribution in [0.25, 0.3) is 0 Å². The summed E-state index contributed by atoms with van der Waals surface area (Å²) < 4.78 is 39.9. The molecular weight excluding hydrogens is 181 g/mol. The van der Waals surface area contributed by atoms with E-state index in [9.17, 15) is 18.0 Å². The maximum Gasteiger partial charge on any atom is 0.324 e. The summed E-state index contributed by atoms with van der Waals surface area (Å²) in [6.45, 7) is -1.92. The number of ether oxygens (including phenoxy) is 1. The molecule has 0 bridgehead atoms. The van der Waals surface area contributed by atoms with Crippen LogP contribution in [0.5, 0.6) is 0 Å². The first-order valence-electron chi connectivity index (χ1n) is 2.65. The summed E-state index contributed by atoms with van der Waals surface area (Å²) in [6.07, 6.45) is 0. The summed E-state index contributed by atoms with van der Waals surface area (Å²) in [5, 5.41) is -2.03. The van der Waals surface area contributed by atoms with Crippen molar-refractivity contribution in [2.45, 2.75) is 11.2 Å². The van der Waals surface area contributed by atoms with E-state index in [-0.39, 0.29) is 0 Å². The van der Waals surface area contributed by atoms with Crippen LogP contribution in [-0.2, 0) is 9.53 Å². The Hall–Kier alpha value is -0.390. The van der Waals surface area contributed by atoms with Crippen molar-refractivity contribution in [2.75, 3.05) is 13.8 Å². The Bertz CT molecular complexity index is 151. The Morgan fingerprint density at radius 2 is 2.18 bits per heavy atom. The van der Waals surface area contributed by atoms with Gasteiger partial charge in [0, 0.05) is 0 Å². The molecule has 0 rings (SSSR count). The van der Waals surface area contributed by atoms with Gasteiger partial charge >= 0.3 is 5.97 Å². The summed E-state index contributed by atoms with van der Waals surface area (Å²) in [4.78, 5) is 10.4. The molecule has 0 saturated carbocycles. The van der Waals surface area contributed by atoms with Crippen LogP contribution in [0.15, 0.2) is 0 Å². The molecule has 0 aromatic carbocycles. The molecule has 1 unspecified atom stereocenters. The second kappa shape index (κ2) is 3.85. The summed E-state index contributed by atoms with van der Waals surface area (Å²) in [6, 6.07) is 0. The third-order valence-corrected chi connectivity index (χ3v) is 1.59. The van der Waals surface area contributed by atoms with Gasteiger partial charge in [0.15, 0.2) is 11.9 Å². The van der Waals surface area contributed by atoms with Crippen molar-refractivity contribution in [3.8, 4) is 0 Å². The van der Waals surface area contributed by atoms with Gasteiger partial charge in [0.2, 0.25) is 0 Å². The third-order valence-electron chi connectivity index (χ3n) is 1.00. The van der Waals surface area contributed by atoms with E-state index in [1.54, 1.807) is 0 Å². The third kappa shape index (κ3) is 2.61. The first-order chi connectivity index (χ1) is 4.95. The summed E-state index contributed by atoms with van der Waals surface area (Å²) in [5.41, 5.74) is 0. The molecule has 0 amide bonds. The number of carbonyl (C=O) groups excluding carboxylic acids is 1. The van der Waals surface area contributed by atoms with Crippen LogP contribution >= 0.6 is 12.6 Å². The number of methoxy groups -OCH3 is 1. The van der Waals surface area contributed by atoms with Gasteiger partial charge in [0.1, 0.15) is 0 Å². The van der Waals surface area contributed by atoms with Gasteiger partial charge in [-0.15, -0.1) is 0 Å². The minimum atomic E-state index is -3.75. The van der Waals surface area contributed by atoms with E-state index in [1.165, 1.54) is 0 Å². The lowest BCUT2D eigenvalue weighted by Crippen LogP contribution is -2.38. The average molecular weight is 188 g/mol. The fourth-order valence-electron chi connectivity index (χ4n) is 0.357. The highest BCUT2D eigenvalue weighted by atomic mass is 32.1. The van der Waals surface area contributed by atoms with E-state index in [0.29, 0.717) is 0 Å². The Labute approximate surface area is 67.1 Å². The van der Waals surface area contributed by atoms with Crippen LogP contribution in [0, 0.1) is 0 Å². The smallest absolute Gasteiger partial charge is 0.324 e. The molecule has 2 nitrogen and oxygen atoms in total. The van der Waals surface area contributed by atoms with Gasteiger partial charge in [-0.25, -0.2) is 13.2 Å². The van der Waals surface area contributed by atoms with Gasteiger partial charge in [-0.2, -0.15) is 12.6 Å². The summed E-state index contributed by atoms with van der Waals surface area (Å²) in [5.74, 6) is -4.99. The van der Waals surface area contributed by atoms with E-state index >= 15 is 0 Å². The van der Waals surface area contributed by atoms with E-state index in [2.05, 4.69) is 17.4 Å².